The van der Waals surface area contributed by atoms with Crippen molar-refractivity contribution in [3.63, 3.8) is 0 Å². The predicted molar refractivity (Wildman–Crippen MR) is 123 cm³/mol. The number of halogens is 2. The molecule has 1 heterocycles. The number of carbonyl (C=O) groups excluding carboxylic acids is 1. The minimum absolute atomic E-state index is 0.206. The molecule has 0 radical (unpaired) electrons. The zero-order valence-electron chi connectivity index (χ0n) is 17.1. The van der Waals surface area contributed by atoms with Crippen LogP contribution in [0.5, 0.6) is 5.75 Å². The molecule has 30 heavy (non-hydrogen) atoms. The number of hydrogen-bond donors (Lipinski definition) is 0. The van der Waals surface area contributed by atoms with Gasteiger partial charge in [0, 0.05) is 51.2 Å². The Labute approximate surface area is 188 Å². The van der Waals surface area contributed by atoms with Gasteiger partial charge in [0.15, 0.2) is 5.75 Å². The number of rotatable bonds is 7. The Morgan fingerprint density at radius 2 is 1.83 bits per heavy atom. The molecule has 4 nitrogen and oxygen atoms in total. The van der Waals surface area contributed by atoms with Crippen LogP contribution in [0.15, 0.2) is 36.4 Å². The van der Waals surface area contributed by atoms with Crippen molar-refractivity contribution in [2.45, 2.75) is 25.7 Å². The first-order valence-electron chi connectivity index (χ1n) is 10.6. The van der Waals surface area contributed by atoms with Crippen molar-refractivity contribution in [1.29, 1.82) is 0 Å². The summed E-state index contributed by atoms with van der Waals surface area (Å²) < 4.78 is 5.91. The monoisotopic (exact) mass is 445 g/mol. The first kappa shape index (κ1) is 21.4. The SMILES string of the molecule is O=C1[CH+]c2cc(OCCCCN3CCN(c4cccc(Cl)c4Cl)CC3)ccc2CC1. The van der Waals surface area contributed by atoms with E-state index in [1.54, 1.807) is 6.42 Å². The van der Waals surface area contributed by atoms with Crippen LogP contribution < -0.4 is 9.64 Å². The van der Waals surface area contributed by atoms with Crippen LogP contribution in [-0.2, 0) is 11.2 Å². The second-order valence-corrected chi connectivity index (χ2v) is 8.71. The van der Waals surface area contributed by atoms with E-state index >= 15 is 0 Å². The summed E-state index contributed by atoms with van der Waals surface area (Å²) in [5, 5.41) is 1.26. The number of unbranched alkanes of at least 4 members (excludes halogenated alkanes) is 1. The lowest BCUT2D eigenvalue weighted by Crippen LogP contribution is -2.46. The highest BCUT2D eigenvalue weighted by atomic mass is 35.5. The molecule has 2 aromatic carbocycles. The average Bonchev–Trinajstić information content (AvgIpc) is 2.76. The predicted octanol–water partition coefficient (Wildman–Crippen LogP) is 5.04. The first-order chi connectivity index (χ1) is 14.6. The molecule has 4 rings (SSSR count). The van der Waals surface area contributed by atoms with E-state index in [4.69, 9.17) is 27.9 Å². The van der Waals surface area contributed by atoms with Crippen LogP contribution in [-0.4, -0.2) is 50.0 Å². The molecular formula is C24H27Cl2N2O2+. The lowest BCUT2D eigenvalue weighted by molar-refractivity contribution is -0.115. The number of ketones is 1. The van der Waals surface area contributed by atoms with Gasteiger partial charge in [-0.05, 0) is 31.5 Å². The molecule has 1 fully saturated rings. The molecular weight excluding hydrogens is 419 g/mol. The van der Waals surface area contributed by atoms with E-state index in [9.17, 15) is 4.79 Å². The molecule has 2 aromatic rings. The Balaban J connectivity index is 1.15. The van der Waals surface area contributed by atoms with Gasteiger partial charge in [0.1, 0.15) is 5.56 Å². The number of fused-ring (bicyclic) bond motifs is 1. The quantitative estimate of drug-likeness (QED) is 0.441. The minimum Gasteiger partial charge on any atom is -0.482 e. The highest BCUT2D eigenvalue weighted by molar-refractivity contribution is 6.43. The number of benzene rings is 2. The van der Waals surface area contributed by atoms with Crippen LogP contribution in [0.25, 0.3) is 0 Å². The molecule has 0 aromatic heterocycles. The first-order valence-corrected chi connectivity index (χ1v) is 11.4. The van der Waals surface area contributed by atoms with Gasteiger partial charge < -0.3 is 9.64 Å². The number of anilines is 1. The molecule has 6 heteroatoms. The molecule has 0 saturated carbocycles. The topological polar surface area (TPSA) is 32.8 Å². The van der Waals surface area contributed by atoms with Crippen molar-refractivity contribution in [3.8, 4) is 5.75 Å². The molecule has 1 saturated heterocycles. The van der Waals surface area contributed by atoms with Crippen molar-refractivity contribution in [2.75, 3.05) is 44.2 Å². The number of aryl methyl sites for hydroxylation is 1. The summed E-state index contributed by atoms with van der Waals surface area (Å²) in [5.41, 5.74) is 3.28. The molecule has 0 N–H and O–H groups in total. The van der Waals surface area contributed by atoms with Crippen molar-refractivity contribution in [2.24, 2.45) is 0 Å². The van der Waals surface area contributed by atoms with Crippen LogP contribution in [0.4, 0.5) is 5.69 Å². The molecule has 2 aliphatic rings. The number of hydrogen-bond acceptors (Lipinski definition) is 4. The molecule has 0 amide bonds. The Kier molecular flexibility index (Phi) is 7.08. The molecule has 1 aliphatic carbocycles. The second-order valence-electron chi connectivity index (χ2n) is 7.93. The minimum atomic E-state index is 0.206. The van der Waals surface area contributed by atoms with Crippen LogP contribution in [0, 0.1) is 6.42 Å². The zero-order chi connectivity index (χ0) is 20.9. The standard InChI is InChI=1S/C24H27Cl2N2O2/c25-22-4-3-5-23(24(22)26)28-13-11-27(12-14-28)10-1-2-15-30-21-9-7-18-6-8-20(29)16-19(18)17-21/h3-5,7,9,16-17H,1-2,6,8,10-15H2/q+1. The summed E-state index contributed by atoms with van der Waals surface area (Å²) in [6.45, 7) is 5.75. The van der Waals surface area contributed by atoms with E-state index < -0.39 is 0 Å². The van der Waals surface area contributed by atoms with Gasteiger partial charge in [-0.2, -0.15) is 0 Å². The highest BCUT2D eigenvalue weighted by Gasteiger charge is 2.24. The molecule has 0 atom stereocenters. The third-order valence-electron chi connectivity index (χ3n) is 5.86. The number of Topliss-reactive ketones (excluding diaryl/α,β-unsaturated/α-hetero) is 1. The van der Waals surface area contributed by atoms with E-state index in [2.05, 4.69) is 15.9 Å². The molecule has 0 unspecified atom stereocenters. The maximum absolute atomic E-state index is 11.6. The number of piperazine rings is 1. The normalized spacial score (nSPS) is 16.9. The van der Waals surface area contributed by atoms with Crippen LogP contribution in [0.3, 0.4) is 0 Å². The molecule has 158 valence electrons. The van der Waals surface area contributed by atoms with E-state index in [1.165, 1.54) is 5.56 Å². The highest BCUT2D eigenvalue weighted by Crippen LogP contribution is 2.33. The van der Waals surface area contributed by atoms with Crippen LogP contribution in [0.1, 0.15) is 30.4 Å². The van der Waals surface area contributed by atoms with E-state index in [0.717, 1.165) is 69.0 Å². The van der Waals surface area contributed by atoms with Crippen molar-refractivity contribution in [1.82, 2.24) is 4.90 Å². The maximum atomic E-state index is 11.6. The van der Waals surface area contributed by atoms with Crippen molar-refractivity contribution >= 4 is 34.7 Å². The smallest absolute Gasteiger partial charge is 0.212 e. The van der Waals surface area contributed by atoms with Gasteiger partial charge in [0.25, 0.3) is 0 Å². The third kappa shape index (κ3) is 5.23. The number of ether oxygens (including phenoxy) is 1. The fourth-order valence-corrected chi connectivity index (χ4v) is 4.52. The summed E-state index contributed by atoms with van der Waals surface area (Å²) >= 11 is 12.5. The van der Waals surface area contributed by atoms with E-state index in [-0.39, 0.29) is 5.78 Å². The Morgan fingerprint density at radius 1 is 1.00 bits per heavy atom. The summed E-state index contributed by atoms with van der Waals surface area (Å²) in [6, 6.07) is 11.9. The van der Waals surface area contributed by atoms with Crippen LogP contribution >= 0.6 is 23.2 Å². The second kappa shape index (κ2) is 9.95. The lowest BCUT2D eigenvalue weighted by atomic mass is 9.91. The van der Waals surface area contributed by atoms with Gasteiger partial charge in [-0.25, -0.2) is 0 Å². The zero-order valence-corrected chi connectivity index (χ0v) is 18.6. The molecule has 0 bridgehead atoms. The van der Waals surface area contributed by atoms with Gasteiger partial charge in [-0.15, -0.1) is 0 Å². The average molecular weight is 446 g/mol. The van der Waals surface area contributed by atoms with E-state index in [1.807, 2.05) is 30.3 Å². The Morgan fingerprint density at radius 3 is 2.67 bits per heavy atom. The van der Waals surface area contributed by atoms with Gasteiger partial charge in [0.2, 0.25) is 5.78 Å². The number of carbonyl (C=O) groups is 1. The van der Waals surface area contributed by atoms with Gasteiger partial charge >= 0.3 is 0 Å². The summed E-state index contributed by atoms with van der Waals surface area (Å²) in [4.78, 5) is 16.4. The van der Waals surface area contributed by atoms with Crippen molar-refractivity contribution in [3.05, 3.63) is 64.0 Å². The summed E-state index contributed by atoms with van der Waals surface area (Å²) in [5.74, 6) is 1.06. The van der Waals surface area contributed by atoms with Crippen LogP contribution in [0.2, 0.25) is 10.0 Å². The molecule has 1 aliphatic heterocycles. The third-order valence-corrected chi connectivity index (χ3v) is 6.67. The fourth-order valence-electron chi connectivity index (χ4n) is 4.10. The fraction of sp³-hybridized carbons (Fsp3) is 0.417. The Bertz CT molecular complexity index is 895. The van der Waals surface area contributed by atoms with Gasteiger partial charge in [0.05, 0.1) is 40.4 Å². The van der Waals surface area contributed by atoms with E-state index in [0.29, 0.717) is 23.1 Å². The van der Waals surface area contributed by atoms with Gasteiger partial charge in [-0.3, -0.25) is 9.69 Å². The summed E-state index contributed by atoms with van der Waals surface area (Å²) in [6.07, 6.45) is 5.31. The Hall–Kier alpha value is -1.88. The van der Waals surface area contributed by atoms with Gasteiger partial charge in [-0.1, -0.05) is 29.3 Å². The maximum Gasteiger partial charge on any atom is 0.212 e. The summed E-state index contributed by atoms with van der Waals surface area (Å²) in [7, 11) is 0. The van der Waals surface area contributed by atoms with Crippen molar-refractivity contribution < 1.29 is 9.53 Å². The number of nitrogens with zero attached hydrogens (tertiary/aromatic N) is 2. The molecule has 0 spiro atoms. The lowest BCUT2D eigenvalue weighted by Gasteiger charge is -2.36. The largest absolute Gasteiger partial charge is 0.482 e.